The van der Waals surface area contributed by atoms with Crippen molar-refractivity contribution in [3.8, 4) is 0 Å². The van der Waals surface area contributed by atoms with Crippen LogP contribution in [0.1, 0.15) is 48.5 Å². The van der Waals surface area contributed by atoms with Gasteiger partial charge < -0.3 is 8.98 Å². The van der Waals surface area contributed by atoms with Crippen LogP contribution in [0.3, 0.4) is 0 Å². The molecule has 2 fully saturated rings. The van der Waals surface area contributed by atoms with Crippen molar-refractivity contribution in [2.45, 2.75) is 51.2 Å². The molecule has 0 spiro atoms. The van der Waals surface area contributed by atoms with E-state index in [2.05, 4.69) is 43.6 Å². The van der Waals surface area contributed by atoms with Crippen molar-refractivity contribution in [2.24, 2.45) is 7.05 Å². The van der Waals surface area contributed by atoms with E-state index in [0.717, 1.165) is 49.5 Å². The van der Waals surface area contributed by atoms with E-state index in [1.807, 2.05) is 6.92 Å². The molecule has 130 valence electrons. The summed E-state index contributed by atoms with van der Waals surface area (Å²) in [5.74, 6) is 4.58. The predicted octanol–water partition coefficient (Wildman–Crippen LogP) is 1.70. The topological polar surface area (TPSA) is 63.2 Å². The second-order valence-electron chi connectivity index (χ2n) is 7.27. The van der Waals surface area contributed by atoms with Crippen LogP contribution in [0.25, 0.3) is 0 Å². The van der Waals surface area contributed by atoms with Crippen LogP contribution >= 0.6 is 0 Å². The van der Waals surface area contributed by atoms with Gasteiger partial charge >= 0.3 is 0 Å². The molecule has 4 rings (SSSR count). The summed E-state index contributed by atoms with van der Waals surface area (Å²) in [5, 5.41) is 8.80. The number of likely N-dealkylation sites (N-methyl/N-ethyl adjacent to an activating group) is 1. The zero-order chi connectivity index (χ0) is 16.7. The zero-order valence-corrected chi connectivity index (χ0v) is 14.8. The van der Waals surface area contributed by atoms with Gasteiger partial charge in [-0.25, -0.2) is 4.98 Å². The fourth-order valence-electron chi connectivity index (χ4n) is 3.54. The lowest BCUT2D eigenvalue weighted by molar-refractivity contribution is 0.203. The second kappa shape index (κ2) is 6.29. The van der Waals surface area contributed by atoms with Crippen LogP contribution in [-0.2, 0) is 20.1 Å². The zero-order valence-electron chi connectivity index (χ0n) is 14.8. The van der Waals surface area contributed by atoms with Gasteiger partial charge in [0.05, 0.1) is 19.3 Å². The van der Waals surface area contributed by atoms with E-state index in [1.165, 1.54) is 19.3 Å². The Labute approximate surface area is 142 Å². The third kappa shape index (κ3) is 3.23. The Bertz CT molecular complexity index is 704. The Morgan fingerprint density at radius 2 is 2.12 bits per heavy atom. The number of rotatable bonds is 6. The summed E-state index contributed by atoms with van der Waals surface area (Å²) in [4.78, 5) is 9.13. The van der Waals surface area contributed by atoms with E-state index in [-0.39, 0.29) is 0 Å². The molecule has 1 saturated carbocycles. The standard InChI is InChI=1S/C17H26N6O/c1-12-8-18-16(24-12)11-21(2)14-6-7-23(9-14)10-15-19-20-17(22(15)3)13-4-5-13/h8,13-14H,4-7,9-11H2,1-3H3. The maximum Gasteiger partial charge on any atom is 0.208 e. The van der Waals surface area contributed by atoms with Gasteiger partial charge in [-0.05, 0) is 33.2 Å². The van der Waals surface area contributed by atoms with Crippen LogP contribution in [0.5, 0.6) is 0 Å². The molecule has 2 aromatic heterocycles. The summed E-state index contributed by atoms with van der Waals surface area (Å²) < 4.78 is 7.79. The summed E-state index contributed by atoms with van der Waals surface area (Å²) >= 11 is 0. The highest BCUT2D eigenvalue weighted by Gasteiger charge is 2.31. The number of aromatic nitrogens is 4. The minimum Gasteiger partial charge on any atom is -0.445 e. The molecule has 1 atom stereocenters. The van der Waals surface area contributed by atoms with Crippen molar-refractivity contribution >= 4 is 0 Å². The van der Waals surface area contributed by atoms with Crippen molar-refractivity contribution < 1.29 is 4.42 Å². The Balaban J connectivity index is 1.32. The molecule has 1 aliphatic heterocycles. The maximum absolute atomic E-state index is 5.60. The highest BCUT2D eigenvalue weighted by molar-refractivity contribution is 5.08. The van der Waals surface area contributed by atoms with Gasteiger partial charge in [-0.15, -0.1) is 10.2 Å². The van der Waals surface area contributed by atoms with Gasteiger partial charge in [0.2, 0.25) is 5.89 Å². The summed E-state index contributed by atoms with van der Waals surface area (Å²) in [6.45, 7) is 5.75. The Morgan fingerprint density at radius 1 is 1.29 bits per heavy atom. The van der Waals surface area contributed by atoms with E-state index < -0.39 is 0 Å². The summed E-state index contributed by atoms with van der Waals surface area (Å²) in [7, 11) is 4.26. The highest BCUT2D eigenvalue weighted by atomic mass is 16.4. The van der Waals surface area contributed by atoms with E-state index in [4.69, 9.17) is 4.42 Å². The third-order valence-electron chi connectivity index (χ3n) is 5.23. The first-order valence-electron chi connectivity index (χ1n) is 8.82. The lowest BCUT2D eigenvalue weighted by Crippen LogP contribution is -2.34. The van der Waals surface area contributed by atoms with Gasteiger partial charge in [0, 0.05) is 32.1 Å². The molecule has 3 heterocycles. The quantitative estimate of drug-likeness (QED) is 0.803. The number of hydrogen-bond acceptors (Lipinski definition) is 6. The van der Waals surface area contributed by atoms with E-state index in [0.29, 0.717) is 12.0 Å². The SMILES string of the molecule is Cc1cnc(CN(C)C2CCN(Cc3nnc(C4CC4)n3C)C2)o1. The van der Waals surface area contributed by atoms with Gasteiger partial charge in [0.1, 0.15) is 17.4 Å². The molecule has 2 aromatic rings. The molecule has 0 N–H and O–H groups in total. The number of nitrogens with zero attached hydrogens (tertiary/aromatic N) is 6. The lowest BCUT2D eigenvalue weighted by atomic mass is 10.2. The largest absolute Gasteiger partial charge is 0.445 e. The Kier molecular flexibility index (Phi) is 4.14. The van der Waals surface area contributed by atoms with Crippen LogP contribution in [0, 0.1) is 6.92 Å². The van der Waals surface area contributed by atoms with Gasteiger partial charge in [-0.3, -0.25) is 9.80 Å². The molecule has 24 heavy (non-hydrogen) atoms. The molecule has 0 radical (unpaired) electrons. The third-order valence-corrected chi connectivity index (χ3v) is 5.23. The first-order valence-corrected chi connectivity index (χ1v) is 8.82. The van der Waals surface area contributed by atoms with E-state index in [1.54, 1.807) is 6.20 Å². The van der Waals surface area contributed by atoms with Crippen LogP contribution < -0.4 is 0 Å². The molecule has 0 aromatic carbocycles. The highest BCUT2D eigenvalue weighted by Crippen LogP contribution is 2.38. The number of hydrogen-bond donors (Lipinski definition) is 0. The van der Waals surface area contributed by atoms with Crippen molar-refractivity contribution in [1.82, 2.24) is 29.5 Å². The summed E-state index contributed by atoms with van der Waals surface area (Å²) in [6, 6.07) is 0.535. The number of aryl methyl sites for hydroxylation is 1. The fraction of sp³-hybridized carbons (Fsp3) is 0.706. The molecule has 1 saturated heterocycles. The van der Waals surface area contributed by atoms with Crippen molar-refractivity contribution in [2.75, 3.05) is 20.1 Å². The van der Waals surface area contributed by atoms with Crippen LogP contribution in [0.4, 0.5) is 0 Å². The summed E-state index contributed by atoms with van der Waals surface area (Å²) in [5.41, 5.74) is 0. The average Bonchev–Trinajstić information content (AvgIpc) is 2.97. The Hall–Kier alpha value is -1.73. The minimum atomic E-state index is 0.535. The molecule has 1 aliphatic carbocycles. The normalized spacial score (nSPS) is 21.9. The number of likely N-dealkylation sites (tertiary alicyclic amines) is 1. The molecule has 7 heteroatoms. The van der Waals surface area contributed by atoms with Crippen LogP contribution in [0.2, 0.25) is 0 Å². The summed E-state index contributed by atoms with van der Waals surface area (Å²) in [6.07, 6.45) is 5.49. The van der Waals surface area contributed by atoms with Gasteiger partial charge in [-0.1, -0.05) is 0 Å². The molecule has 2 aliphatic rings. The maximum atomic E-state index is 5.60. The van der Waals surface area contributed by atoms with Crippen LogP contribution in [-0.4, -0.2) is 55.7 Å². The van der Waals surface area contributed by atoms with Crippen molar-refractivity contribution in [3.05, 3.63) is 29.5 Å². The number of oxazole rings is 1. The van der Waals surface area contributed by atoms with Gasteiger partial charge in [0.15, 0.2) is 0 Å². The van der Waals surface area contributed by atoms with Crippen molar-refractivity contribution in [1.29, 1.82) is 0 Å². The molecule has 1 unspecified atom stereocenters. The predicted molar refractivity (Wildman–Crippen MR) is 89.4 cm³/mol. The van der Waals surface area contributed by atoms with E-state index >= 15 is 0 Å². The van der Waals surface area contributed by atoms with E-state index in [9.17, 15) is 0 Å². The van der Waals surface area contributed by atoms with Crippen LogP contribution in [0.15, 0.2) is 10.6 Å². The second-order valence-corrected chi connectivity index (χ2v) is 7.27. The average molecular weight is 330 g/mol. The molecule has 7 nitrogen and oxygen atoms in total. The molecule has 0 bridgehead atoms. The molecule has 0 amide bonds. The fourth-order valence-corrected chi connectivity index (χ4v) is 3.54. The monoisotopic (exact) mass is 330 g/mol. The van der Waals surface area contributed by atoms with Gasteiger partial charge in [0.25, 0.3) is 0 Å². The lowest BCUT2D eigenvalue weighted by Gasteiger charge is -2.23. The first-order chi connectivity index (χ1) is 11.6. The minimum absolute atomic E-state index is 0.535. The molecular formula is C17H26N6O. The smallest absolute Gasteiger partial charge is 0.208 e. The molecular weight excluding hydrogens is 304 g/mol. The first kappa shape index (κ1) is 15.8. The Morgan fingerprint density at radius 3 is 2.83 bits per heavy atom. The van der Waals surface area contributed by atoms with Crippen molar-refractivity contribution in [3.63, 3.8) is 0 Å². The van der Waals surface area contributed by atoms with Gasteiger partial charge in [-0.2, -0.15) is 0 Å².